The molecule has 27 heavy (non-hydrogen) atoms. The first-order valence-electron chi connectivity index (χ1n) is 7.95. The molecule has 0 spiro atoms. The van der Waals surface area contributed by atoms with Gasteiger partial charge in [0.15, 0.2) is 6.10 Å². The molecule has 144 valence electrons. The van der Waals surface area contributed by atoms with Crippen LogP contribution in [-0.4, -0.2) is 33.4 Å². The van der Waals surface area contributed by atoms with Gasteiger partial charge in [-0.05, 0) is 49.7 Å². The molecule has 9 heteroatoms. The number of carbonyl (C=O) groups excluding carboxylic acids is 2. The van der Waals surface area contributed by atoms with Gasteiger partial charge in [0.05, 0.1) is 10.5 Å². The highest BCUT2D eigenvalue weighted by Crippen LogP contribution is 2.20. The van der Waals surface area contributed by atoms with Crippen molar-refractivity contribution >= 4 is 27.6 Å². The lowest BCUT2D eigenvalue weighted by atomic mass is 10.2. The van der Waals surface area contributed by atoms with Crippen LogP contribution in [0.15, 0.2) is 47.4 Å². The number of hydrogen-bond acceptors (Lipinski definition) is 5. The molecule has 0 unspecified atom stereocenters. The molecule has 1 amide bonds. The Labute approximate surface area is 156 Å². The lowest BCUT2D eigenvalue weighted by molar-refractivity contribution is -0.128. The summed E-state index contributed by atoms with van der Waals surface area (Å²) < 4.78 is 45.8. The number of likely N-dealkylation sites (N-methyl/N-ethyl adjacent to an activating group) is 1. The van der Waals surface area contributed by atoms with Gasteiger partial charge in [0, 0.05) is 12.7 Å². The summed E-state index contributed by atoms with van der Waals surface area (Å²) in [6.07, 6.45) is -1.00. The lowest BCUT2D eigenvalue weighted by Gasteiger charge is -2.13. The van der Waals surface area contributed by atoms with Crippen LogP contribution in [-0.2, 0) is 19.6 Å². The summed E-state index contributed by atoms with van der Waals surface area (Å²) in [6.45, 7) is 2.93. The molecule has 2 aromatic rings. The molecule has 0 aliphatic carbocycles. The summed E-state index contributed by atoms with van der Waals surface area (Å²) in [5, 5.41) is 2.35. The van der Waals surface area contributed by atoms with Gasteiger partial charge in [-0.1, -0.05) is 12.1 Å². The summed E-state index contributed by atoms with van der Waals surface area (Å²) in [6, 6.07) is 9.13. The van der Waals surface area contributed by atoms with Gasteiger partial charge in [0.1, 0.15) is 5.82 Å². The number of rotatable bonds is 6. The summed E-state index contributed by atoms with van der Waals surface area (Å²) in [4.78, 5) is 23.3. The van der Waals surface area contributed by atoms with Gasteiger partial charge in [0.25, 0.3) is 15.9 Å². The molecule has 0 bridgehead atoms. The smallest absolute Gasteiger partial charge is 0.338 e. The topological polar surface area (TPSA) is 102 Å². The molecule has 7 nitrogen and oxygen atoms in total. The van der Waals surface area contributed by atoms with Gasteiger partial charge < -0.3 is 10.1 Å². The molecule has 1 atom stereocenters. The van der Waals surface area contributed by atoms with Crippen molar-refractivity contribution in [1.82, 2.24) is 5.32 Å². The van der Waals surface area contributed by atoms with E-state index in [1.165, 1.54) is 57.3 Å². The Morgan fingerprint density at radius 3 is 2.48 bits per heavy atom. The maximum absolute atomic E-state index is 13.6. The highest BCUT2D eigenvalue weighted by molar-refractivity contribution is 7.92. The largest absolute Gasteiger partial charge is 0.449 e. The highest BCUT2D eigenvalue weighted by Gasteiger charge is 2.19. The van der Waals surface area contributed by atoms with Gasteiger partial charge in [-0.15, -0.1) is 0 Å². The fourth-order valence-electron chi connectivity index (χ4n) is 2.15. The Hall–Kier alpha value is -2.94. The SMILES string of the molecule is CNC(=O)[C@H](C)OC(=O)c1cccc(NS(=O)(=O)c2ccc(C)c(F)c2)c1. The lowest BCUT2D eigenvalue weighted by Crippen LogP contribution is -2.33. The van der Waals surface area contributed by atoms with Crippen molar-refractivity contribution in [2.75, 3.05) is 11.8 Å². The number of aryl methyl sites for hydroxylation is 1. The van der Waals surface area contributed by atoms with E-state index < -0.39 is 33.8 Å². The van der Waals surface area contributed by atoms with Crippen molar-refractivity contribution in [3.8, 4) is 0 Å². The number of amides is 1. The fourth-order valence-corrected chi connectivity index (χ4v) is 3.21. The van der Waals surface area contributed by atoms with Gasteiger partial charge in [-0.2, -0.15) is 0 Å². The quantitative estimate of drug-likeness (QED) is 0.732. The number of hydrogen-bond donors (Lipinski definition) is 2. The van der Waals surface area contributed by atoms with Gasteiger partial charge in [0.2, 0.25) is 0 Å². The van der Waals surface area contributed by atoms with Crippen molar-refractivity contribution in [2.45, 2.75) is 24.8 Å². The maximum atomic E-state index is 13.6. The van der Waals surface area contributed by atoms with E-state index in [9.17, 15) is 22.4 Å². The standard InChI is InChI=1S/C18H19FN2O5S/c1-11-7-8-15(10-16(11)19)27(24,25)21-14-6-4-5-13(9-14)18(23)26-12(2)17(22)20-3/h4-10,12,21H,1-3H3,(H,20,22)/t12-/m0/s1. The van der Waals surface area contributed by atoms with Crippen LogP contribution in [0.3, 0.4) is 0 Å². The van der Waals surface area contributed by atoms with E-state index >= 15 is 0 Å². The Morgan fingerprint density at radius 2 is 1.85 bits per heavy atom. The van der Waals surface area contributed by atoms with Crippen molar-refractivity contribution in [1.29, 1.82) is 0 Å². The number of nitrogens with one attached hydrogen (secondary N) is 2. The Balaban J connectivity index is 2.20. The molecule has 0 fully saturated rings. The van der Waals surface area contributed by atoms with Crippen LogP contribution in [0.1, 0.15) is 22.8 Å². The number of halogens is 1. The van der Waals surface area contributed by atoms with E-state index in [4.69, 9.17) is 4.74 Å². The van der Waals surface area contributed by atoms with Crippen molar-refractivity contribution in [2.24, 2.45) is 0 Å². The molecule has 2 aromatic carbocycles. The first-order chi connectivity index (χ1) is 12.6. The Kier molecular flexibility index (Phi) is 6.17. The summed E-state index contributed by atoms with van der Waals surface area (Å²) in [5.74, 6) is -1.89. The minimum Gasteiger partial charge on any atom is -0.449 e. The molecule has 0 aromatic heterocycles. The van der Waals surface area contributed by atoms with Crippen LogP contribution in [0.2, 0.25) is 0 Å². The van der Waals surface area contributed by atoms with E-state index in [1.807, 2.05) is 0 Å². The highest BCUT2D eigenvalue weighted by atomic mass is 32.2. The van der Waals surface area contributed by atoms with Crippen LogP contribution < -0.4 is 10.0 Å². The molecular formula is C18H19FN2O5S. The van der Waals surface area contributed by atoms with Crippen LogP contribution in [0.4, 0.5) is 10.1 Å². The zero-order valence-corrected chi connectivity index (χ0v) is 15.8. The zero-order valence-electron chi connectivity index (χ0n) is 14.9. The van der Waals surface area contributed by atoms with Gasteiger partial charge in [-0.25, -0.2) is 17.6 Å². The van der Waals surface area contributed by atoms with E-state index in [1.54, 1.807) is 0 Å². The van der Waals surface area contributed by atoms with E-state index in [-0.39, 0.29) is 16.1 Å². The third kappa shape index (κ3) is 5.04. The summed E-state index contributed by atoms with van der Waals surface area (Å²) >= 11 is 0. The summed E-state index contributed by atoms with van der Waals surface area (Å²) in [5.41, 5.74) is 0.475. The van der Waals surface area contributed by atoms with E-state index in [2.05, 4.69) is 10.0 Å². The second-order valence-corrected chi connectivity index (χ2v) is 7.44. The first-order valence-corrected chi connectivity index (χ1v) is 9.44. The average molecular weight is 394 g/mol. The Morgan fingerprint density at radius 1 is 1.15 bits per heavy atom. The molecular weight excluding hydrogens is 375 g/mol. The van der Waals surface area contributed by atoms with Crippen LogP contribution in [0, 0.1) is 12.7 Å². The molecule has 0 aliphatic rings. The third-order valence-corrected chi connectivity index (χ3v) is 5.08. The predicted molar refractivity (Wildman–Crippen MR) is 97.3 cm³/mol. The van der Waals surface area contributed by atoms with Crippen LogP contribution in [0.5, 0.6) is 0 Å². The second-order valence-electron chi connectivity index (χ2n) is 5.76. The average Bonchev–Trinajstić information content (AvgIpc) is 2.62. The van der Waals surface area contributed by atoms with Crippen molar-refractivity contribution in [3.05, 3.63) is 59.4 Å². The first kappa shape index (κ1) is 20.4. The zero-order chi connectivity index (χ0) is 20.2. The molecule has 2 N–H and O–H groups in total. The number of esters is 1. The molecule has 0 saturated heterocycles. The van der Waals surface area contributed by atoms with Gasteiger partial charge >= 0.3 is 5.97 Å². The maximum Gasteiger partial charge on any atom is 0.338 e. The normalized spacial score (nSPS) is 12.1. The van der Waals surface area contributed by atoms with Crippen LogP contribution in [0.25, 0.3) is 0 Å². The Bertz CT molecular complexity index is 975. The van der Waals surface area contributed by atoms with Crippen molar-refractivity contribution in [3.63, 3.8) is 0 Å². The second kappa shape index (κ2) is 8.17. The van der Waals surface area contributed by atoms with Crippen LogP contribution >= 0.6 is 0 Å². The fraction of sp³-hybridized carbons (Fsp3) is 0.222. The number of sulfonamides is 1. The van der Waals surface area contributed by atoms with Gasteiger partial charge in [-0.3, -0.25) is 9.52 Å². The third-order valence-electron chi connectivity index (χ3n) is 3.70. The van der Waals surface area contributed by atoms with E-state index in [0.717, 1.165) is 6.07 Å². The van der Waals surface area contributed by atoms with Crippen molar-refractivity contribution < 1.29 is 27.1 Å². The molecule has 0 heterocycles. The summed E-state index contributed by atoms with van der Waals surface area (Å²) in [7, 11) is -2.63. The monoisotopic (exact) mass is 394 g/mol. The molecule has 0 saturated carbocycles. The van der Waals surface area contributed by atoms with E-state index in [0.29, 0.717) is 5.56 Å². The number of anilines is 1. The number of benzene rings is 2. The number of ether oxygens (including phenoxy) is 1. The predicted octanol–water partition coefficient (Wildman–Crippen LogP) is 2.23. The minimum absolute atomic E-state index is 0.0565. The minimum atomic E-state index is -4.04. The molecule has 0 radical (unpaired) electrons. The number of carbonyl (C=O) groups is 2. The molecule has 0 aliphatic heterocycles. The molecule has 2 rings (SSSR count).